The number of fused-ring (bicyclic) bond motifs is 1. The Bertz CT molecular complexity index is 888. The number of methoxy groups -OCH3 is 1. The third-order valence-electron chi connectivity index (χ3n) is 4.20. The molecule has 0 spiro atoms. The Morgan fingerprint density at radius 2 is 2.31 bits per heavy atom. The van der Waals surface area contributed by atoms with Crippen molar-refractivity contribution in [2.75, 3.05) is 20.3 Å². The van der Waals surface area contributed by atoms with Crippen molar-refractivity contribution in [3.63, 3.8) is 0 Å². The Morgan fingerprint density at radius 3 is 3.04 bits per heavy atom. The molecule has 0 fully saturated rings. The average Bonchev–Trinajstić information content (AvgIpc) is 3.01. The molecule has 1 amide bonds. The van der Waals surface area contributed by atoms with Crippen LogP contribution in [0.3, 0.4) is 0 Å². The van der Waals surface area contributed by atoms with Crippen LogP contribution in [0.5, 0.6) is 0 Å². The maximum atomic E-state index is 14.0. The lowest BCUT2D eigenvalue weighted by Crippen LogP contribution is -2.35. The standard InChI is InChI=1S/C18H20F2N4O2/c1-11-14(20)8-12(18(23-11)26-2)9-24-10-13(17(25)22-7-5-19)16-15(24)4-3-6-21-16/h3-4,6,8,10,18,23H,5,7,9H2,1-2H3,(H,22,25). The first-order valence-corrected chi connectivity index (χ1v) is 8.19. The SMILES string of the molecule is COC1NC(C)=C(F)C=C1Cn1cc(C(=O)NCCF)c2ncccc21. The van der Waals surface area contributed by atoms with Gasteiger partial charge in [0.1, 0.15) is 18.0 Å². The van der Waals surface area contributed by atoms with Crippen LogP contribution >= 0.6 is 0 Å². The number of alkyl halides is 1. The lowest BCUT2D eigenvalue weighted by Gasteiger charge is -2.26. The van der Waals surface area contributed by atoms with Gasteiger partial charge in [0.05, 0.1) is 11.1 Å². The van der Waals surface area contributed by atoms with Crippen LogP contribution in [0.25, 0.3) is 11.0 Å². The van der Waals surface area contributed by atoms with Gasteiger partial charge in [-0.3, -0.25) is 9.78 Å². The summed E-state index contributed by atoms with van der Waals surface area (Å²) in [5.74, 6) is -0.755. The van der Waals surface area contributed by atoms with Crippen molar-refractivity contribution < 1.29 is 18.3 Å². The average molecular weight is 362 g/mol. The zero-order valence-corrected chi connectivity index (χ0v) is 14.6. The summed E-state index contributed by atoms with van der Waals surface area (Å²) < 4.78 is 33.5. The van der Waals surface area contributed by atoms with E-state index in [2.05, 4.69) is 15.6 Å². The van der Waals surface area contributed by atoms with Crippen molar-refractivity contribution >= 4 is 16.9 Å². The summed E-state index contributed by atoms with van der Waals surface area (Å²) in [6.45, 7) is 1.24. The van der Waals surface area contributed by atoms with Crippen molar-refractivity contribution in [2.45, 2.75) is 19.7 Å². The lowest BCUT2D eigenvalue weighted by atomic mass is 10.1. The number of carbonyl (C=O) groups is 1. The molecule has 0 saturated carbocycles. The summed E-state index contributed by atoms with van der Waals surface area (Å²) >= 11 is 0. The predicted molar refractivity (Wildman–Crippen MR) is 93.9 cm³/mol. The second kappa shape index (κ2) is 7.65. The van der Waals surface area contributed by atoms with E-state index >= 15 is 0 Å². The molecule has 8 heteroatoms. The van der Waals surface area contributed by atoms with Gasteiger partial charge in [0, 0.05) is 43.9 Å². The van der Waals surface area contributed by atoms with E-state index in [0.717, 1.165) is 5.52 Å². The highest BCUT2D eigenvalue weighted by molar-refractivity contribution is 6.05. The molecule has 6 nitrogen and oxygen atoms in total. The number of rotatable bonds is 6. The molecule has 0 radical (unpaired) electrons. The molecule has 0 aromatic carbocycles. The molecule has 138 valence electrons. The number of pyridine rings is 1. The van der Waals surface area contributed by atoms with Crippen LogP contribution in [0.1, 0.15) is 17.3 Å². The van der Waals surface area contributed by atoms with E-state index in [0.29, 0.717) is 28.9 Å². The Labute approximate surface area is 149 Å². The molecule has 1 unspecified atom stereocenters. The first-order valence-electron chi connectivity index (χ1n) is 8.19. The number of dihydropyridines is 1. The number of ether oxygens (including phenoxy) is 1. The number of allylic oxidation sites excluding steroid dienone is 3. The van der Waals surface area contributed by atoms with Crippen molar-refractivity contribution in [3.8, 4) is 0 Å². The van der Waals surface area contributed by atoms with Gasteiger partial charge in [0.2, 0.25) is 0 Å². The maximum absolute atomic E-state index is 14.0. The minimum Gasteiger partial charge on any atom is -0.358 e. The molecule has 0 aliphatic carbocycles. The number of aromatic nitrogens is 2. The van der Waals surface area contributed by atoms with Crippen molar-refractivity contribution in [2.24, 2.45) is 0 Å². The fourth-order valence-corrected chi connectivity index (χ4v) is 2.92. The molecule has 2 aromatic rings. The summed E-state index contributed by atoms with van der Waals surface area (Å²) in [6.07, 6.45) is 4.20. The number of nitrogens with zero attached hydrogens (tertiary/aromatic N) is 2. The molecule has 1 aliphatic rings. The molecular formula is C18H20F2N4O2. The van der Waals surface area contributed by atoms with E-state index in [9.17, 15) is 13.6 Å². The number of hydrogen-bond acceptors (Lipinski definition) is 4. The zero-order valence-electron chi connectivity index (χ0n) is 14.6. The lowest BCUT2D eigenvalue weighted by molar-refractivity contribution is 0.0952. The highest BCUT2D eigenvalue weighted by Crippen LogP contribution is 2.24. The van der Waals surface area contributed by atoms with Crippen LogP contribution in [-0.2, 0) is 11.3 Å². The third kappa shape index (κ3) is 3.45. The number of halogens is 2. The van der Waals surface area contributed by atoms with E-state index in [1.165, 1.54) is 13.2 Å². The summed E-state index contributed by atoms with van der Waals surface area (Å²) in [4.78, 5) is 16.6. The number of amides is 1. The highest BCUT2D eigenvalue weighted by Gasteiger charge is 2.23. The second-order valence-electron chi connectivity index (χ2n) is 5.94. The molecule has 3 rings (SSSR count). The van der Waals surface area contributed by atoms with E-state index in [-0.39, 0.29) is 12.4 Å². The molecule has 1 aliphatic heterocycles. The molecule has 2 aromatic heterocycles. The van der Waals surface area contributed by atoms with Crippen LogP contribution < -0.4 is 10.6 Å². The van der Waals surface area contributed by atoms with E-state index < -0.39 is 18.8 Å². The summed E-state index contributed by atoms with van der Waals surface area (Å²) in [5.41, 5.74) is 2.66. The highest BCUT2D eigenvalue weighted by atomic mass is 19.1. The Hall–Kier alpha value is -2.74. The van der Waals surface area contributed by atoms with Gasteiger partial charge in [-0.2, -0.15) is 0 Å². The van der Waals surface area contributed by atoms with Gasteiger partial charge in [-0.1, -0.05) is 0 Å². The molecule has 2 N–H and O–H groups in total. The normalized spacial score (nSPS) is 17.2. The van der Waals surface area contributed by atoms with Gasteiger partial charge in [0.15, 0.2) is 6.23 Å². The molecule has 1 atom stereocenters. The summed E-state index contributed by atoms with van der Waals surface area (Å²) in [5, 5.41) is 5.46. The van der Waals surface area contributed by atoms with E-state index in [1.54, 1.807) is 30.0 Å². The second-order valence-corrected chi connectivity index (χ2v) is 5.94. The largest absolute Gasteiger partial charge is 0.358 e. The van der Waals surface area contributed by atoms with Crippen LogP contribution in [0.4, 0.5) is 8.78 Å². The smallest absolute Gasteiger partial charge is 0.255 e. The predicted octanol–water partition coefficient (Wildman–Crippen LogP) is 2.44. The van der Waals surface area contributed by atoms with Gasteiger partial charge >= 0.3 is 0 Å². The van der Waals surface area contributed by atoms with Crippen molar-refractivity contribution in [1.82, 2.24) is 20.2 Å². The fraction of sp³-hybridized carbons (Fsp3) is 0.333. The van der Waals surface area contributed by atoms with E-state index in [4.69, 9.17) is 4.74 Å². The summed E-state index contributed by atoms with van der Waals surface area (Å²) in [7, 11) is 1.53. The zero-order chi connectivity index (χ0) is 18.7. The Kier molecular flexibility index (Phi) is 5.32. The molecule has 26 heavy (non-hydrogen) atoms. The Balaban J connectivity index is 1.98. The van der Waals surface area contributed by atoms with Crippen molar-refractivity contribution in [3.05, 3.63) is 53.3 Å². The van der Waals surface area contributed by atoms with Gasteiger partial charge in [-0.25, -0.2) is 8.78 Å². The topological polar surface area (TPSA) is 68.2 Å². The third-order valence-corrected chi connectivity index (χ3v) is 4.20. The number of hydrogen-bond donors (Lipinski definition) is 2. The quantitative estimate of drug-likeness (QED) is 0.828. The van der Waals surface area contributed by atoms with Gasteiger partial charge < -0.3 is 19.9 Å². The molecule has 3 heterocycles. The van der Waals surface area contributed by atoms with Crippen LogP contribution in [0.15, 0.2) is 47.7 Å². The summed E-state index contributed by atoms with van der Waals surface area (Å²) in [6, 6.07) is 3.58. The number of carbonyl (C=O) groups excluding carboxylic acids is 1. The van der Waals surface area contributed by atoms with Gasteiger partial charge in [-0.05, 0) is 25.1 Å². The van der Waals surface area contributed by atoms with Crippen LogP contribution in [-0.4, -0.2) is 42.0 Å². The van der Waals surface area contributed by atoms with Crippen LogP contribution in [0.2, 0.25) is 0 Å². The number of nitrogens with one attached hydrogen (secondary N) is 2. The fourth-order valence-electron chi connectivity index (χ4n) is 2.92. The molecule has 0 saturated heterocycles. The van der Waals surface area contributed by atoms with Crippen molar-refractivity contribution in [1.29, 1.82) is 0 Å². The molecule has 0 bridgehead atoms. The first kappa shape index (κ1) is 18.1. The monoisotopic (exact) mass is 362 g/mol. The van der Waals surface area contributed by atoms with Crippen LogP contribution in [0, 0.1) is 0 Å². The Morgan fingerprint density at radius 1 is 1.50 bits per heavy atom. The molecular weight excluding hydrogens is 342 g/mol. The maximum Gasteiger partial charge on any atom is 0.255 e. The first-order chi connectivity index (χ1) is 12.5. The minimum absolute atomic E-state index is 0.0611. The van der Waals surface area contributed by atoms with Gasteiger partial charge in [0.25, 0.3) is 5.91 Å². The minimum atomic E-state index is -0.642. The van der Waals surface area contributed by atoms with E-state index in [1.807, 2.05) is 6.07 Å². The van der Waals surface area contributed by atoms with Gasteiger partial charge in [-0.15, -0.1) is 0 Å².